The molecule has 0 saturated carbocycles. The lowest BCUT2D eigenvalue weighted by Crippen LogP contribution is -2.32. The number of hydrogen-bond acceptors (Lipinski definition) is 6. The van der Waals surface area contributed by atoms with Crippen LogP contribution < -0.4 is 15.4 Å². The molecule has 0 unspecified atom stereocenters. The number of aryl methyl sites for hydroxylation is 1. The molecule has 0 amide bonds. The van der Waals surface area contributed by atoms with E-state index < -0.39 is 0 Å². The summed E-state index contributed by atoms with van der Waals surface area (Å²) in [6.45, 7) is 3.94. The van der Waals surface area contributed by atoms with Crippen molar-refractivity contribution in [3.05, 3.63) is 40.5 Å². The third-order valence-corrected chi connectivity index (χ3v) is 4.28. The van der Waals surface area contributed by atoms with Crippen LogP contribution in [-0.2, 0) is 4.74 Å². The molecule has 1 aromatic heterocycles. The maximum Gasteiger partial charge on any atom is 0.222 e. The zero-order valence-corrected chi connectivity index (χ0v) is 14.6. The average Bonchev–Trinajstić information content (AvgIpc) is 2.79. The first kappa shape index (κ1) is 16.8. The number of ether oxygens (including phenoxy) is 2. The molecule has 7 heteroatoms. The predicted octanol–water partition coefficient (Wildman–Crippen LogP) is 3.00. The minimum atomic E-state index is -0.0603. The van der Waals surface area contributed by atoms with Crippen LogP contribution >= 0.6 is 11.6 Å². The van der Waals surface area contributed by atoms with Crippen molar-refractivity contribution >= 4 is 23.4 Å². The lowest BCUT2D eigenvalue weighted by atomic mass is 10.0. The van der Waals surface area contributed by atoms with Gasteiger partial charge in [-0.15, -0.1) is 0 Å². The second-order valence-electron chi connectivity index (χ2n) is 5.75. The number of aromatic nitrogens is 2. The van der Waals surface area contributed by atoms with E-state index in [0.29, 0.717) is 18.2 Å². The van der Waals surface area contributed by atoms with E-state index in [2.05, 4.69) is 14.9 Å². The molecule has 3 rings (SSSR count). The first-order valence-corrected chi connectivity index (χ1v) is 8.25. The molecule has 1 aromatic carbocycles. The lowest BCUT2D eigenvalue weighted by molar-refractivity contribution is 0.133. The van der Waals surface area contributed by atoms with Crippen molar-refractivity contribution in [3.8, 4) is 5.75 Å². The molecule has 2 heterocycles. The number of halogens is 1. The number of nitrogens with zero attached hydrogens (tertiary/aromatic N) is 3. The second kappa shape index (κ2) is 7.23. The Balaban J connectivity index is 2.06. The highest BCUT2D eigenvalue weighted by atomic mass is 35.5. The van der Waals surface area contributed by atoms with Crippen LogP contribution in [0.1, 0.15) is 23.7 Å². The van der Waals surface area contributed by atoms with Crippen LogP contribution in [0, 0.1) is 6.92 Å². The Labute approximate surface area is 146 Å². The van der Waals surface area contributed by atoms with Gasteiger partial charge in [0, 0.05) is 35.5 Å². The summed E-state index contributed by atoms with van der Waals surface area (Å²) in [5.41, 5.74) is 7.65. The summed E-state index contributed by atoms with van der Waals surface area (Å²) >= 11 is 6.22. The van der Waals surface area contributed by atoms with Crippen LogP contribution in [0.4, 0.5) is 11.8 Å². The summed E-state index contributed by atoms with van der Waals surface area (Å²) in [4.78, 5) is 10.8. The van der Waals surface area contributed by atoms with Gasteiger partial charge in [0.25, 0.3) is 0 Å². The molecule has 1 saturated heterocycles. The third-order valence-electron chi connectivity index (χ3n) is 4.04. The maximum atomic E-state index is 6.22. The van der Waals surface area contributed by atoms with Crippen LogP contribution in [0.15, 0.2) is 24.3 Å². The highest BCUT2D eigenvalue weighted by Crippen LogP contribution is 2.35. The zero-order chi connectivity index (χ0) is 17.1. The van der Waals surface area contributed by atoms with Crippen molar-refractivity contribution in [1.82, 2.24) is 9.97 Å². The Morgan fingerprint density at radius 1 is 1.33 bits per heavy atom. The number of benzene rings is 1. The molecule has 1 aliphatic heterocycles. The fraction of sp³-hybridized carbons (Fsp3) is 0.412. The fourth-order valence-corrected chi connectivity index (χ4v) is 3.18. The van der Waals surface area contributed by atoms with Crippen molar-refractivity contribution in [2.24, 2.45) is 0 Å². The maximum absolute atomic E-state index is 6.22. The van der Waals surface area contributed by atoms with Crippen molar-refractivity contribution in [3.63, 3.8) is 0 Å². The molecule has 1 fully saturated rings. The smallest absolute Gasteiger partial charge is 0.222 e. The molecule has 0 radical (unpaired) electrons. The van der Waals surface area contributed by atoms with Gasteiger partial charge >= 0.3 is 0 Å². The molecule has 128 valence electrons. The monoisotopic (exact) mass is 348 g/mol. The SMILES string of the molecule is COc1ccc(Cl)cc1[C@@H]1COCCCN1c1cc(C)nc(N)n1. The number of hydrogen-bond donors (Lipinski definition) is 1. The molecule has 0 bridgehead atoms. The molecule has 0 aliphatic carbocycles. The summed E-state index contributed by atoms with van der Waals surface area (Å²) in [5, 5.41) is 0.661. The van der Waals surface area contributed by atoms with Crippen LogP contribution in [0.5, 0.6) is 5.75 Å². The summed E-state index contributed by atoms with van der Waals surface area (Å²) in [6.07, 6.45) is 0.905. The van der Waals surface area contributed by atoms with Gasteiger partial charge in [-0.1, -0.05) is 11.6 Å². The van der Waals surface area contributed by atoms with Crippen LogP contribution in [0.25, 0.3) is 0 Å². The topological polar surface area (TPSA) is 73.5 Å². The molecule has 6 nitrogen and oxygen atoms in total. The minimum Gasteiger partial charge on any atom is -0.496 e. The highest BCUT2D eigenvalue weighted by Gasteiger charge is 2.27. The molecular weight excluding hydrogens is 328 g/mol. The van der Waals surface area contributed by atoms with Gasteiger partial charge in [0.1, 0.15) is 11.6 Å². The second-order valence-corrected chi connectivity index (χ2v) is 6.19. The Kier molecular flexibility index (Phi) is 5.06. The number of nitrogen functional groups attached to an aromatic ring is 1. The molecule has 2 N–H and O–H groups in total. The van der Waals surface area contributed by atoms with E-state index in [-0.39, 0.29) is 12.0 Å². The van der Waals surface area contributed by atoms with Gasteiger partial charge in [-0.2, -0.15) is 4.98 Å². The average molecular weight is 349 g/mol. The first-order valence-electron chi connectivity index (χ1n) is 7.87. The highest BCUT2D eigenvalue weighted by molar-refractivity contribution is 6.30. The number of nitrogens with two attached hydrogens (primary N) is 1. The quantitative estimate of drug-likeness (QED) is 0.919. The van der Waals surface area contributed by atoms with Crippen molar-refractivity contribution < 1.29 is 9.47 Å². The normalized spacial score (nSPS) is 18.3. The Morgan fingerprint density at radius 3 is 2.92 bits per heavy atom. The number of methoxy groups -OCH3 is 1. The van der Waals surface area contributed by atoms with E-state index >= 15 is 0 Å². The van der Waals surface area contributed by atoms with Gasteiger partial charge in [0.15, 0.2) is 0 Å². The third kappa shape index (κ3) is 3.55. The van der Waals surface area contributed by atoms with Gasteiger partial charge < -0.3 is 20.1 Å². The molecule has 24 heavy (non-hydrogen) atoms. The number of anilines is 2. The van der Waals surface area contributed by atoms with Crippen molar-refractivity contribution in [2.75, 3.05) is 37.5 Å². The Hall–Kier alpha value is -2.05. The van der Waals surface area contributed by atoms with Gasteiger partial charge in [-0.3, -0.25) is 0 Å². The summed E-state index contributed by atoms with van der Waals surface area (Å²) in [5.74, 6) is 1.84. The lowest BCUT2D eigenvalue weighted by Gasteiger charge is -2.31. The van der Waals surface area contributed by atoms with Gasteiger partial charge in [-0.25, -0.2) is 4.98 Å². The largest absolute Gasteiger partial charge is 0.496 e. The zero-order valence-electron chi connectivity index (χ0n) is 13.8. The van der Waals surface area contributed by atoms with Crippen molar-refractivity contribution in [1.29, 1.82) is 0 Å². The Morgan fingerprint density at radius 2 is 2.17 bits per heavy atom. The number of rotatable bonds is 3. The summed E-state index contributed by atoms with van der Waals surface area (Å²) < 4.78 is 11.3. The molecule has 1 atom stereocenters. The molecule has 2 aromatic rings. The Bertz CT molecular complexity index is 705. The standard InChI is InChI=1S/C17H21ClN4O2/c1-11-8-16(21-17(19)20-11)22-6-3-7-24-10-14(22)13-9-12(18)4-5-15(13)23-2/h4-5,8-9,14H,3,6-7,10H2,1-2H3,(H2,19,20,21)/t14-/m0/s1. The minimum absolute atomic E-state index is 0.0603. The van der Waals surface area contributed by atoms with E-state index in [1.807, 2.05) is 31.2 Å². The van der Waals surface area contributed by atoms with Crippen LogP contribution in [-0.4, -0.2) is 36.8 Å². The summed E-state index contributed by atoms with van der Waals surface area (Å²) in [7, 11) is 1.65. The molecule has 1 aliphatic rings. The molecule has 0 spiro atoms. The fourth-order valence-electron chi connectivity index (χ4n) is 3.00. The predicted molar refractivity (Wildman–Crippen MR) is 94.7 cm³/mol. The van der Waals surface area contributed by atoms with Crippen LogP contribution in [0.3, 0.4) is 0 Å². The van der Waals surface area contributed by atoms with Crippen LogP contribution in [0.2, 0.25) is 5.02 Å². The van der Waals surface area contributed by atoms with E-state index in [4.69, 9.17) is 26.8 Å². The van der Waals surface area contributed by atoms with Gasteiger partial charge in [-0.05, 0) is 31.5 Å². The molecular formula is C17H21ClN4O2. The van der Waals surface area contributed by atoms with E-state index in [0.717, 1.165) is 35.8 Å². The van der Waals surface area contributed by atoms with Gasteiger partial charge in [0.2, 0.25) is 5.95 Å². The van der Waals surface area contributed by atoms with Crippen molar-refractivity contribution in [2.45, 2.75) is 19.4 Å². The van der Waals surface area contributed by atoms with Gasteiger partial charge in [0.05, 0.1) is 19.8 Å². The summed E-state index contributed by atoms with van der Waals surface area (Å²) in [6, 6.07) is 7.49. The van der Waals surface area contributed by atoms with E-state index in [1.165, 1.54) is 0 Å². The van der Waals surface area contributed by atoms with E-state index in [1.54, 1.807) is 7.11 Å². The first-order chi connectivity index (χ1) is 11.6. The van der Waals surface area contributed by atoms with E-state index in [9.17, 15) is 0 Å².